The lowest BCUT2D eigenvalue weighted by atomic mass is 10.2. The van der Waals surface area contributed by atoms with E-state index in [2.05, 4.69) is 20.3 Å². The number of anilines is 1. The van der Waals surface area contributed by atoms with Gasteiger partial charge in [0.25, 0.3) is 0 Å². The Kier molecular flexibility index (Phi) is 5.12. The van der Waals surface area contributed by atoms with E-state index in [4.69, 9.17) is 4.74 Å². The summed E-state index contributed by atoms with van der Waals surface area (Å²) < 4.78 is 6.66. The Morgan fingerprint density at radius 1 is 1.18 bits per heavy atom. The molecule has 0 aliphatic carbocycles. The molecular weight excluding hydrogens is 374 g/mol. The maximum Gasteiger partial charge on any atom is 0.341 e. The molecule has 0 bridgehead atoms. The summed E-state index contributed by atoms with van der Waals surface area (Å²) in [7, 11) is 1.37. The molecule has 4 rings (SSSR count). The van der Waals surface area contributed by atoms with Crippen LogP contribution >= 0.6 is 11.8 Å². The molecule has 0 unspecified atom stereocenters. The molecule has 1 N–H and O–H groups in total. The highest BCUT2D eigenvalue weighted by molar-refractivity contribution is 7.98. The summed E-state index contributed by atoms with van der Waals surface area (Å²) in [5.41, 5.74) is 2.76. The Hall–Kier alpha value is -3.13. The molecule has 0 aliphatic rings. The van der Waals surface area contributed by atoms with Crippen molar-refractivity contribution in [3.8, 4) is 0 Å². The Labute approximate surface area is 166 Å². The van der Waals surface area contributed by atoms with Crippen molar-refractivity contribution >= 4 is 40.1 Å². The van der Waals surface area contributed by atoms with Crippen LogP contribution in [0.5, 0.6) is 0 Å². The molecule has 4 aromatic rings. The Bertz CT molecular complexity index is 1160. The second-order valence-corrected chi connectivity index (χ2v) is 7.01. The molecule has 0 saturated heterocycles. The molecule has 0 fully saturated rings. The van der Waals surface area contributed by atoms with E-state index in [1.165, 1.54) is 18.9 Å². The SMILES string of the molecule is CCNc1nc(SCc2cn3cccc(C(=O)OC)c3n2)nc2ccccc12. The van der Waals surface area contributed by atoms with E-state index in [9.17, 15) is 4.79 Å². The molecule has 0 amide bonds. The zero-order valence-electron chi connectivity index (χ0n) is 15.5. The minimum absolute atomic E-state index is 0.399. The zero-order valence-corrected chi connectivity index (χ0v) is 16.4. The Morgan fingerprint density at radius 3 is 2.86 bits per heavy atom. The van der Waals surface area contributed by atoms with Crippen LogP contribution in [0.15, 0.2) is 53.9 Å². The molecule has 1 aromatic carbocycles. The number of benzene rings is 1. The molecule has 0 spiro atoms. The summed E-state index contributed by atoms with van der Waals surface area (Å²) in [6, 6.07) is 11.5. The van der Waals surface area contributed by atoms with Gasteiger partial charge in [-0.2, -0.15) is 0 Å². The second-order valence-electron chi connectivity index (χ2n) is 6.07. The third-order valence-electron chi connectivity index (χ3n) is 4.21. The quantitative estimate of drug-likeness (QED) is 0.303. The molecule has 8 heteroatoms. The van der Waals surface area contributed by atoms with Gasteiger partial charge in [-0.1, -0.05) is 23.9 Å². The monoisotopic (exact) mass is 393 g/mol. The zero-order chi connectivity index (χ0) is 19.5. The van der Waals surface area contributed by atoms with Gasteiger partial charge >= 0.3 is 5.97 Å². The molecule has 3 heterocycles. The number of pyridine rings is 1. The van der Waals surface area contributed by atoms with E-state index >= 15 is 0 Å². The van der Waals surface area contributed by atoms with Gasteiger partial charge < -0.3 is 14.5 Å². The third-order valence-corrected chi connectivity index (χ3v) is 5.09. The van der Waals surface area contributed by atoms with Crippen molar-refractivity contribution in [3.63, 3.8) is 0 Å². The largest absolute Gasteiger partial charge is 0.465 e. The number of hydrogen-bond donors (Lipinski definition) is 1. The minimum atomic E-state index is -0.399. The number of nitrogens with one attached hydrogen (secondary N) is 1. The van der Waals surface area contributed by atoms with Crippen LogP contribution in [0.2, 0.25) is 0 Å². The second kappa shape index (κ2) is 7.85. The number of fused-ring (bicyclic) bond motifs is 2. The first kappa shape index (κ1) is 18.2. The molecule has 3 aromatic heterocycles. The summed E-state index contributed by atoms with van der Waals surface area (Å²) in [4.78, 5) is 25.8. The van der Waals surface area contributed by atoms with Gasteiger partial charge in [0.2, 0.25) is 0 Å². The normalized spacial score (nSPS) is 11.1. The van der Waals surface area contributed by atoms with Crippen molar-refractivity contribution < 1.29 is 9.53 Å². The van der Waals surface area contributed by atoms with Crippen LogP contribution in [-0.4, -0.2) is 39.0 Å². The van der Waals surface area contributed by atoms with E-state index in [1.54, 1.807) is 12.1 Å². The van der Waals surface area contributed by atoms with Crippen LogP contribution in [0.4, 0.5) is 5.82 Å². The number of thioether (sulfide) groups is 1. The van der Waals surface area contributed by atoms with Crippen LogP contribution in [0, 0.1) is 0 Å². The maximum atomic E-state index is 11.9. The maximum absolute atomic E-state index is 11.9. The third kappa shape index (κ3) is 3.50. The van der Waals surface area contributed by atoms with Crippen molar-refractivity contribution in [2.24, 2.45) is 0 Å². The van der Waals surface area contributed by atoms with Crippen LogP contribution < -0.4 is 5.32 Å². The van der Waals surface area contributed by atoms with E-state index in [0.29, 0.717) is 22.1 Å². The molecule has 0 aliphatic heterocycles. The molecule has 0 saturated carbocycles. The van der Waals surface area contributed by atoms with Gasteiger partial charge in [0.1, 0.15) is 11.4 Å². The lowest BCUT2D eigenvalue weighted by Gasteiger charge is -2.08. The van der Waals surface area contributed by atoms with E-state index in [0.717, 1.165) is 29.0 Å². The van der Waals surface area contributed by atoms with Gasteiger partial charge in [0.15, 0.2) is 10.8 Å². The van der Waals surface area contributed by atoms with E-state index in [-0.39, 0.29) is 0 Å². The standard InChI is InChI=1S/C20H19N5O2S/c1-3-21-17-14-7-4-5-9-16(14)23-20(24-17)28-12-13-11-25-10-6-8-15(18(25)22-13)19(26)27-2/h4-11H,3,12H2,1-2H3,(H,21,23,24). The van der Waals surface area contributed by atoms with Crippen LogP contribution in [0.25, 0.3) is 16.6 Å². The van der Waals surface area contributed by atoms with Gasteiger partial charge in [0.05, 0.1) is 18.3 Å². The topological polar surface area (TPSA) is 81.4 Å². The average molecular weight is 393 g/mol. The number of carbonyl (C=O) groups is 1. The van der Waals surface area contributed by atoms with Crippen LogP contribution in [0.1, 0.15) is 23.0 Å². The van der Waals surface area contributed by atoms with E-state index in [1.807, 2.05) is 48.0 Å². The number of methoxy groups -OCH3 is 1. The molecule has 0 atom stereocenters. The highest BCUT2D eigenvalue weighted by Gasteiger charge is 2.14. The highest BCUT2D eigenvalue weighted by atomic mass is 32.2. The molecule has 28 heavy (non-hydrogen) atoms. The van der Waals surface area contributed by atoms with Crippen molar-refractivity contribution in [2.75, 3.05) is 19.0 Å². The number of para-hydroxylation sites is 1. The fourth-order valence-electron chi connectivity index (χ4n) is 2.96. The summed E-state index contributed by atoms with van der Waals surface area (Å²) in [6.07, 6.45) is 3.76. The first-order valence-corrected chi connectivity index (χ1v) is 9.86. The van der Waals surface area contributed by atoms with Crippen molar-refractivity contribution in [3.05, 3.63) is 60.0 Å². The van der Waals surface area contributed by atoms with Crippen molar-refractivity contribution in [1.82, 2.24) is 19.4 Å². The molecule has 142 valence electrons. The van der Waals surface area contributed by atoms with E-state index < -0.39 is 5.97 Å². The highest BCUT2D eigenvalue weighted by Crippen LogP contribution is 2.26. The van der Waals surface area contributed by atoms with Crippen molar-refractivity contribution in [1.29, 1.82) is 0 Å². The number of ether oxygens (including phenoxy) is 1. The first-order valence-electron chi connectivity index (χ1n) is 8.88. The first-order chi connectivity index (χ1) is 13.7. The number of esters is 1. The molecular formula is C20H19N5O2S. The number of hydrogen-bond acceptors (Lipinski definition) is 7. The lowest BCUT2D eigenvalue weighted by molar-refractivity contribution is 0.0602. The lowest BCUT2D eigenvalue weighted by Crippen LogP contribution is -2.03. The number of imidazole rings is 1. The van der Waals surface area contributed by atoms with Crippen molar-refractivity contribution in [2.45, 2.75) is 17.8 Å². The fourth-order valence-corrected chi connectivity index (χ4v) is 3.70. The molecule has 0 radical (unpaired) electrons. The van der Waals surface area contributed by atoms with Gasteiger partial charge in [-0.3, -0.25) is 0 Å². The smallest absolute Gasteiger partial charge is 0.341 e. The summed E-state index contributed by atoms with van der Waals surface area (Å²) in [6.45, 7) is 2.83. The van der Waals surface area contributed by atoms with Crippen LogP contribution in [0.3, 0.4) is 0 Å². The number of nitrogens with zero attached hydrogens (tertiary/aromatic N) is 4. The van der Waals surface area contributed by atoms with Crippen LogP contribution in [-0.2, 0) is 10.5 Å². The predicted octanol–water partition coefficient (Wildman–Crippen LogP) is 3.79. The predicted molar refractivity (Wildman–Crippen MR) is 110 cm³/mol. The number of carbonyl (C=O) groups excluding carboxylic acids is 1. The minimum Gasteiger partial charge on any atom is -0.465 e. The Morgan fingerprint density at radius 2 is 2.04 bits per heavy atom. The van der Waals surface area contributed by atoms with Gasteiger partial charge in [-0.05, 0) is 31.2 Å². The average Bonchev–Trinajstić information content (AvgIpc) is 3.15. The Balaban J connectivity index is 1.62. The van der Waals surface area contributed by atoms with Gasteiger partial charge in [0, 0.05) is 30.1 Å². The fraction of sp³-hybridized carbons (Fsp3) is 0.200. The molecule has 7 nitrogen and oxygen atoms in total. The number of rotatable bonds is 6. The summed E-state index contributed by atoms with van der Waals surface area (Å²) in [5, 5.41) is 4.99. The summed E-state index contributed by atoms with van der Waals surface area (Å²) in [5.74, 6) is 1.02. The summed E-state index contributed by atoms with van der Waals surface area (Å²) >= 11 is 1.51. The number of aromatic nitrogens is 4. The van der Waals surface area contributed by atoms with Gasteiger partial charge in [-0.25, -0.2) is 19.7 Å². The van der Waals surface area contributed by atoms with Gasteiger partial charge in [-0.15, -0.1) is 0 Å².